The highest BCUT2D eigenvalue weighted by Crippen LogP contribution is 2.20. The van der Waals surface area contributed by atoms with Crippen molar-refractivity contribution < 1.29 is 62.8 Å². The molecule has 62 heavy (non-hydrogen) atoms. The largest absolute Gasteiger partial charge is 0.481 e. The summed E-state index contributed by atoms with van der Waals surface area (Å²) in [4.78, 5) is 112. The lowest BCUT2D eigenvalue weighted by Gasteiger charge is -2.32. The molecule has 8 N–H and O–H groups in total. The first kappa shape index (κ1) is 58.2. The van der Waals surface area contributed by atoms with E-state index < -0.39 is 88.2 Å². The number of rotatable bonds is 32. The fraction of sp³-hybridized carbons (Fsp3) is 0.769. The lowest BCUT2D eigenvalue weighted by molar-refractivity contribution is -0.143. The van der Waals surface area contributed by atoms with Crippen LogP contribution >= 0.6 is 39.1 Å². The number of hydrogen-bond donors (Lipinski definition) is 8. The average molecular weight is 992 g/mol. The van der Waals surface area contributed by atoms with E-state index in [9.17, 15) is 53.4 Å². The Morgan fingerprint density at radius 3 is 1.56 bits per heavy atom. The first-order chi connectivity index (χ1) is 28.6. The molecule has 23 heteroatoms. The minimum Gasteiger partial charge on any atom is -0.481 e. The van der Waals surface area contributed by atoms with E-state index in [1.54, 1.807) is 55.4 Å². The Morgan fingerprint density at radius 1 is 0.629 bits per heavy atom. The summed E-state index contributed by atoms with van der Waals surface area (Å²) in [6.07, 6.45) is -1.28. The summed E-state index contributed by atoms with van der Waals surface area (Å²) in [5, 5.41) is 34.9. The Labute approximate surface area is 381 Å². The summed E-state index contributed by atoms with van der Waals surface area (Å²) in [7, 11) is 0. The zero-order chi connectivity index (χ0) is 47.9. The van der Waals surface area contributed by atoms with Gasteiger partial charge in [-0.25, -0.2) is 4.79 Å². The van der Waals surface area contributed by atoms with Gasteiger partial charge in [-0.15, -0.1) is 23.2 Å². The number of carboxylic acids is 2. The van der Waals surface area contributed by atoms with Gasteiger partial charge in [0.15, 0.2) is 0 Å². The fourth-order valence-electron chi connectivity index (χ4n) is 5.64. The van der Waals surface area contributed by atoms with Gasteiger partial charge in [0.1, 0.15) is 23.8 Å². The Kier molecular flexibility index (Phi) is 26.4. The maximum atomic E-state index is 13.6. The predicted octanol–water partition coefficient (Wildman–Crippen LogP) is 1.17. The lowest BCUT2D eigenvalue weighted by Crippen LogP contribution is -2.53. The van der Waals surface area contributed by atoms with Gasteiger partial charge in [0.25, 0.3) is 0 Å². The highest BCUT2D eigenvalue weighted by Gasteiger charge is 2.33. The second kappa shape index (κ2) is 28.1. The minimum absolute atomic E-state index is 0.00346. The molecule has 0 saturated heterocycles. The molecule has 0 heterocycles. The normalized spacial score (nSPS) is 12.9. The lowest BCUT2D eigenvalue weighted by atomic mass is 9.99. The van der Waals surface area contributed by atoms with Crippen LogP contribution in [0.25, 0.3) is 0 Å². The second-order valence-electron chi connectivity index (χ2n) is 17.1. The topological polar surface area (TPSA) is 288 Å². The number of aliphatic carboxylic acids is 2. The fourth-order valence-corrected chi connectivity index (χ4v) is 5.97. The molecule has 0 aliphatic heterocycles. The van der Waals surface area contributed by atoms with Crippen LogP contribution in [0.15, 0.2) is 0 Å². The van der Waals surface area contributed by atoms with Gasteiger partial charge in [-0.1, -0.05) is 15.9 Å². The molecule has 0 saturated carbocycles. The standard InChI is InChI=1S/C39H66BrCl2N7O13/c1-36(2,47-27(50)11-9-26(35(59)60)46-29(52)20-39(7,8)62-24-37(3,4)48-30(53)21-40)13-18-61-38(5,6)19-28(51)45-25(10-12-33(56)57)34(58)49(16-14-43-31(54)22-41)17-15-44-32(55)23-42/h25-26H,9-24H2,1-8H3,(H,43,54)(H,44,55)(H,45,51)(H,46,52)(H,47,50)(H,48,53)(H,56,57)(H,59,60)/t25-,26?/m0/s1. The van der Waals surface area contributed by atoms with Crippen molar-refractivity contribution in [2.75, 3.05) is 56.5 Å². The van der Waals surface area contributed by atoms with Crippen LogP contribution in [0, 0.1) is 0 Å². The van der Waals surface area contributed by atoms with Gasteiger partial charge in [0, 0.05) is 51.2 Å². The monoisotopic (exact) mass is 989 g/mol. The molecule has 0 aromatic rings. The number of carbonyl (C=O) groups excluding carboxylic acids is 7. The van der Waals surface area contributed by atoms with Gasteiger partial charge >= 0.3 is 11.9 Å². The molecule has 0 aliphatic rings. The third kappa shape index (κ3) is 27.3. The van der Waals surface area contributed by atoms with E-state index in [1.807, 2.05) is 0 Å². The first-order valence-corrected chi connectivity index (χ1v) is 22.2. The molecule has 0 spiro atoms. The summed E-state index contributed by atoms with van der Waals surface area (Å²) in [5.74, 6) is -6.66. The number of hydrogen-bond acceptors (Lipinski definition) is 11. The Hall–Kier alpha value is -3.79. The van der Waals surface area contributed by atoms with Gasteiger partial charge in [-0.2, -0.15) is 0 Å². The molecule has 0 radical (unpaired) electrons. The molecular weight excluding hydrogens is 925 g/mol. The average Bonchev–Trinajstić information content (AvgIpc) is 3.14. The van der Waals surface area contributed by atoms with Crippen molar-refractivity contribution in [2.45, 2.75) is 135 Å². The molecule has 7 amide bonds. The van der Waals surface area contributed by atoms with Crippen molar-refractivity contribution >= 4 is 92.4 Å². The van der Waals surface area contributed by atoms with Crippen molar-refractivity contribution in [1.29, 1.82) is 0 Å². The molecule has 20 nitrogen and oxygen atoms in total. The first-order valence-electron chi connectivity index (χ1n) is 20.0. The zero-order valence-corrected chi connectivity index (χ0v) is 40.0. The van der Waals surface area contributed by atoms with Crippen LogP contribution < -0.4 is 31.9 Å². The van der Waals surface area contributed by atoms with Gasteiger partial charge in [0.2, 0.25) is 41.4 Å². The predicted molar refractivity (Wildman–Crippen MR) is 234 cm³/mol. The highest BCUT2D eigenvalue weighted by molar-refractivity contribution is 9.09. The van der Waals surface area contributed by atoms with Crippen molar-refractivity contribution in [3.8, 4) is 0 Å². The van der Waals surface area contributed by atoms with Crippen LogP contribution in [0.4, 0.5) is 0 Å². The van der Waals surface area contributed by atoms with E-state index in [0.717, 1.165) is 0 Å². The zero-order valence-electron chi connectivity index (χ0n) is 36.9. The summed E-state index contributed by atoms with van der Waals surface area (Å²) in [6.45, 7) is 13.6. The maximum absolute atomic E-state index is 13.6. The van der Waals surface area contributed by atoms with Crippen molar-refractivity contribution in [2.24, 2.45) is 0 Å². The van der Waals surface area contributed by atoms with Crippen LogP contribution in [0.1, 0.15) is 100 Å². The van der Waals surface area contributed by atoms with Crippen molar-refractivity contribution in [3.63, 3.8) is 0 Å². The Bertz CT molecular complexity index is 1530. The van der Waals surface area contributed by atoms with Crippen molar-refractivity contribution in [1.82, 2.24) is 36.8 Å². The summed E-state index contributed by atoms with van der Waals surface area (Å²) in [5.41, 5.74) is -3.66. The SMILES string of the molecule is CC(C)(CCOC(C)(C)CC(=O)N[C@@H](CCC(=O)O)C(=O)N(CCNC(=O)CCl)CCNC(=O)CCl)NC(=O)CCC(NC(=O)CC(C)(C)OCC(C)(C)NC(=O)CBr)C(=O)O. The van der Waals surface area contributed by atoms with Crippen molar-refractivity contribution in [3.05, 3.63) is 0 Å². The number of halogens is 3. The number of amides is 7. The quantitative estimate of drug-likeness (QED) is 0.0440. The summed E-state index contributed by atoms with van der Waals surface area (Å²) < 4.78 is 11.9. The second-order valence-corrected chi connectivity index (χ2v) is 18.2. The Balaban J connectivity index is 5.32. The van der Waals surface area contributed by atoms with Gasteiger partial charge in [-0.3, -0.25) is 38.4 Å². The highest BCUT2D eigenvalue weighted by atomic mass is 79.9. The summed E-state index contributed by atoms with van der Waals surface area (Å²) in [6, 6.07) is -2.62. The third-order valence-corrected chi connectivity index (χ3v) is 9.82. The van der Waals surface area contributed by atoms with Gasteiger partial charge in [0.05, 0.1) is 41.5 Å². The number of ether oxygens (including phenoxy) is 2. The maximum Gasteiger partial charge on any atom is 0.326 e. The molecule has 0 bridgehead atoms. The molecule has 0 aromatic carbocycles. The van der Waals surface area contributed by atoms with E-state index in [1.165, 1.54) is 4.90 Å². The number of nitrogens with zero attached hydrogens (tertiary/aromatic N) is 1. The van der Waals surface area contributed by atoms with E-state index in [4.69, 9.17) is 32.7 Å². The van der Waals surface area contributed by atoms with Crippen LogP contribution in [0.2, 0.25) is 0 Å². The van der Waals surface area contributed by atoms with E-state index >= 15 is 0 Å². The van der Waals surface area contributed by atoms with E-state index in [2.05, 4.69) is 47.8 Å². The smallest absolute Gasteiger partial charge is 0.326 e. The third-order valence-electron chi connectivity index (χ3n) is 8.83. The summed E-state index contributed by atoms with van der Waals surface area (Å²) >= 11 is 14.1. The van der Waals surface area contributed by atoms with Gasteiger partial charge < -0.3 is 56.5 Å². The molecule has 0 aliphatic carbocycles. The van der Waals surface area contributed by atoms with E-state index in [-0.39, 0.29) is 101 Å². The van der Waals surface area contributed by atoms with Crippen LogP contribution in [0.3, 0.4) is 0 Å². The molecule has 2 atom stereocenters. The number of nitrogens with one attached hydrogen (secondary N) is 6. The molecule has 356 valence electrons. The number of carboxylic acid groups (broad SMARTS) is 2. The molecule has 0 aromatic heterocycles. The van der Waals surface area contributed by atoms with Crippen LogP contribution in [-0.2, 0) is 52.6 Å². The van der Waals surface area contributed by atoms with Crippen LogP contribution in [-0.4, -0.2) is 159 Å². The molecule has 1 unspecified atom stereocenters. The molecule has 0 fully saturated rings. The van der Waals surface area contributed by atoms with Gasteiger partial charge in [-0.05, 0) is 74.7 Å². The Morgan fingerprint density at radius 2 is 1.10 bits per heavy atom. The van der Waals surface area contributed by atoms with E-state index in [0.29, 0.717) is 0 Å². The number of carbonyl (C=O) groups is 9. The minimum atomic E-state index is -1.35. The van der Waals surface area contributed by atoms with Crippen LogP contribution in [0.5, 0.6) is 0 Å². The number of alkyl halides is 3. The molecular formula is C39H66BrCl2N7O13. The molecule has 0 rings (SSSR count).